The van der Waals surface area contributed by atoms with Gasteiger partial charge in [0.25, 0.3) is 5.56 Å². The van der Waals surface area contributed by atoms with Crippen LogP contribution in [-0.2, 0) is 12.8 Å². The monoisotopic (exact) mass is 466 g/mol. The summed E-state index contributed by atoms with van der Waals surface area (Å²) in [4.78, 5) is 19.8. The summed E-state index contributed by atoms with van der Waals surface area (Å²) in [5.41, 5.74) is 4.99. The van der Waals surface area contributed by atoms with Crippen molar-refractivity contribution < 1.29 is 4.74 Å². The number of hydrogen-bond donors (Lipinski definition) is 0. The first-order valence-corrected chi connectivity index (χ1v) is 11.8. The summed E-state index contributed by atoms with van der Waals surface area (Å²) in [7, 11) is 1.60. The molecular formula is C24H23ClN4O2S. The van der Waals surface area contributed by atoms with E-state index in [0.29, 0.717) is 10.8 Å². The highest BCUT2D eigenvalue weighted by molar-refractivity contribution is 7.18. The minimum absolute atomic E-state index is 0.0959. The van der Waals surface area contributed by atoms with Gasteiger partial charge in [-0.3, -0.25) is 4.79 Å². The number of methoxy groups -OCH3 is 1. The van der Waals surface area contributed by atoms with E-state index < -0.39 is 0 Å². The van der Waals surface area contributed by atoms with Gasteiger partial charge in [0.05, 0.1) is 23.7 Å². The Labute approximate surface area is 194 Å². The Morgan fingerprint density at radius 3 is 2.81 bits per heavy atom. The van der Waals surface area contributed by atoms with Gasteiger partial charge in [-0.15, -0.1) is 11.3 Å². The molecule has 0 N–H and O–H groups in total. The van der Waals surface area contributed by atoms with Crippen molar-refractivity contribution in [2.45, 2.75) is 39.5 Å². The molecule has 0 radical (unpaired) electrons. The lowest BCUT2D eigenvalue weighted by atomic mass is 9.97. The van der Waals surface area contributed by atoms with E-state index in [-0.39, 0.29) is 5.56 Å². The maximum absolute atomic E-state index is 13.1. The van der Waals surface area contributed by atoms with Gasteiger partial charge in [0, 0.05) is 27.5 Å². The van der Waals surface area contributed by atoms with Crippen molar-refractivity contribution >= 4 is 39.4 Å². The molecule has 0 unspecified atom stereocenters. The normalized spacial score (nSPS) is 13.8. The standard InChI is InChI=1S/C24H23ClN4O2S/c1-14-10-16(15(2)29(14)17-8-9-20(31-3)19(25)11-17)12-27-28-13-26-23-22(24(28)30)18-6-4-5-7-21(18)32-23/h8-13H,4-7H2,1-3H3/b27-12+. The van der Waals surface area contributed by atoms with E-state index in [1.807, 2.05) is 38.1 Å². The smallest absolute Gasteiger partial charge is 0.282 e. The molecule has 0 spiro atoms. The zero-order chi connectivity index (χ0) is 22.4. The molecule has 0 amide bonds. The third-order valence-corrected chi connectivity index (χ3v) is 7.54. The van der Waals surface area contributed by atoms with Crippen LogP contribution in [0.4, 0.5) is 0 Å². The molecule has 164 valence electrons. The van der Waals surface area contributed by atoms with Crippen molar-refractivity contribution in [3.05, 3.63) is 73.4 Å². The van der Waals surface area contributed by atoms with E-state index in [4.69, 9.17) is 16.3 Å². The highest BCUT2D eigenvalue weighted by atomic mass is 35.5. The van der Waals surface area contributed by atoms with Crippen molar-refractivity contribution in [1.29, 1.82) is 0 Å². The van der Waals surface area contributed by atoms with Gasteiger partial charge in [0.1, 0.15) is 16.9 Å². The van der Waals surface area contributed by atoms with Crippen LogP contribution in [0.2, 0.25) is 5.02 Å². The second-order valence-corrected chi connectivity index (χ2v) is 9.50. The fourth-order valence-corrected chi connectivity index (χ4v) is 5.93. The number of ether oxygens (including phenoxy) is 1. The quantitative estimate of drug-likeness (QED) is 0.384. The van der Waals surface area contributed by atoms with Crippen molar-refractivity contribution in [3.63, 3.8) is 0 Å². The zero-order valence-electron chi connectivity index (χ0n) is 18.2. The average molecular weight is 467 g/mol. The van der Waals surface area contributed by atoms with Crippen LogP contribution in [0.3, 0.4) is 0 Å². The minimum Gasteiger partial charge on any atom is -0.495 e. The van der Waals surface area contributed by atoms with Gasteiger partial charge in [-0.1, -0.05) is 11.6 Å². The molecule has 0 atom stereocenters. The molecular weight excluding hydrogens is 444 g/mol. The highest BCUT2D eigenvalue weighted by Gasteiger charge is 2.20. The van der Waals surface area contributed by atoms with E-state index >= 15 is 0 Å². The third kappa shape index (κ3) is 3.45. The van der Waals surface area contributed by atoms with Crippen LogP contribution < -0.4 is 10.3 Å². The summed E-state index contributed by atoms with van der Waals surface area (Å²) in [6.45, 7) is 4.05. The van der Waals surface area contributed by atoms with E-state index in [1.54, 1.807) is 24.7 Å². The van der Waals surface area contributed by atoms with Crippen LogP contribution in [0.5, 0.6) is 5.75 Å². The lowest BCUT2D eigenvalue weighted by Gasteiger charge is -2.11. The molecule has 1 aromatic carbocycles. The molecule has 32 heavy (non-hydrogen) atoms. The van der Waals surface area contributed by atoms with Crippen LogP contribution in [0, 0.1) is 13.8 Å². The van der Waals surface area contributed by atoms with E-state index in [1.165, 1.54) is 27.9 Å². The second kappa shape index (κ2) is 8.22. The topological polar surface area (TPSA) is 61.4 Å². The van der Waals surface area contributed by atoms with Crippen molar-refractivity contribution in [3.8, 4) is 11.4 Å². The maximum atomic E-state index is 13.1. The molecule has 6 nitrogen and oxygen atoms in total. The van der Waals surface area contributed by atoms with Crippen LogP contribution in [0.1, 0.15) is 40.2 Å². The fraction of sp³-hybridized carbons (Fsp3) is 0.292. The fourth-order valence-electron chi connectivity index (χ4n) is 4.45. The number of rotatable bonds is 4. The number of fused-ring (bicyclic) bond motifs is 3. The van der Waals surface area contributed by atoms with Crippen LogP contribution in [0.25, 0.3) is 15.9 Å². The summed E-state index contributed by atoms with van der Waals surface area (Å²) in [6, 6.07) is 7.74. The molecule has 0 bridgehead atoms. The maximum Gasteiger partial charge on any atom is 0.282 e. The minimum atomic E-state index is -0.0959. The largest absolute Gasteiger partial charge is 0.495 e. The number of hydrogen-bond acceptors (Lipinski definition) is 5. The Morgan fingerprint density at radius 2 is 2.03 bits per heavy atom. The average Bonchev–Trinajstić information content (AvgIpc) is 3.30. The number of nitrogens with zero attached hydrogens (tertiary/aromatic N) is 4. The molecule has 5 rings (SSSR count). The van der Waals surface area contributed by atoms with Crippen LogP contribution in [-0.4, -0.2) is 27.6 Å². The van der Waals surface area contributed by atoms with Gasteiger partial charge in [-0.2, -0.15) is 9.78 Å². The predicted octanol–water partition coefficient (Wildman–Crippen LogP) is 5.29. The number of benzene rings is 1. The Morgan fingerprint density at radius 1 is 1.22 bits per heavy atom. The van der Waals surface area contributed by atoms with Gasteiger partial charge >= 0.3 is 0 Å². The first kappa shape index (κ1) is 21.0. The first-order chi connectivity index (χ1) is 15.5. The van der Waals surface area contributed by atoms with Crippen molar-refractivity contribution in [1.82, 2.24) is 14.2 Å². The number of halogens is 1. The summed E-state index contributed by atoms with van der Waals surface area (Å²) in [5.74, 6) is 0.637. The Balaban J connectivity index is 1.52. The molecule has 4 aromatic rings. The molecule has 1 aliphatic rings. The summed E-state index contributed by atoms with van der Waals surface area (Å²) < 4.78 is 8.71. The molecule has 0 fully saturated rings. The summed E-state index contributed by atoms with van der Waals surface area (Å²) in [5, 5.41) is 5.76. The van der Waals surface area contributed by atoms with Gasteiger partial charge in [-0.05, 0) is 69.4 Å². The summed E-state index contributed by atoms with van der Waals surface area (Å²) >= 11 is 7.98. The van der Waals surface area contributed by atoms with Crippen LogP contribution >= 0.6 is 22.9 Å². The predicted molar refractivity (Wildman–Crippen MR) is 130 cm³/mol. The van der Waals surface area contributed by atoms with Crippen molar-refractivity contribution in [2.75, 3.05) is 7.11 Å². The molecule has 1 aliphatic carbocycles. The van der Waals surface area contributed by atoms with Gasteiger partial charge in [0.15, 0.2) is 0 Å². The molecule has 0 aliphatic heterocycles. The van der Waals surface area contributed by atoms with Crippen LogP contribution in [0.15, 0.2) is 40.5 Å². The SMILES string of the molecule is COc1ccc(-n2c(C)cc(/C=N/n3cnc4sc5c(c4c3=O)CCCC5)c2C)cc1Cl. The van der Waals surface area contributed by atoms with Gasteiger partial charge in [0.2, 0.25) is 0 Å². The molecule has 0 saturated heterocycles. The Bertz CT molecular complexity index is 1430. The van der Waals surface area contributed by atoms with E-state index in [9.17, 15) is 4.79 Å². The van der Waals surface area contributed by atoms with Gasteiger partial charge in [-0.25, -0.2) is 4.98 Å². The number of thiophene rings is 1. The first-order valence-electron chi connectivity index (χ1n) is 10.6. The molecule has 8 heteroatoms. The number of aryl methyl sites for hydroxylation is 3. The lowest BCUT2D eigenvalue weighted by molar-refractivity contribution is 0.415. The third-order valence-electron chi connectivity index (χ3n) is 6.04. The highest BCUT2D eigenvalue weighted by Crippen LogP contribution is 2.33. The van der Waals surface area contributed by atoms with Gasteiger partial charge < -0.3 is 9.30 Å². The summed E-state index contributed by atoms with van der Waals surface area (Å²) in [6.07, 6.45) is 7.54. The molecule has 0 saturated carbocycles. The Hall–Kier alpha value is -2.90. The van der Waals surface area contributed by atoms with E-state index in [0.717, 1.165) is 52.1 Å². The molecule has 3 heterocycles. The Kier molecular flexibility index (Phi) is 5.39. The van der Waals surface area contributed by atoms with E-state index in [2.05, 4.69) is 14.7 Å². The van der Waals surface area contributed by atoms with Crippen molar-refractivity contribution in [2.24, 2.45) is 5.10 Å². The number of aromatic nitrogens is 3. The second-order valence-electron chi connectivity index (χ2n) is 8.01. The lowest BCUT2D eigenvalue weighted by Crippen LogP contribution is -2.18. The molecule has 3 aromatic heterocycles. The zero-order valence-corrected chi connectivity index (χ0v) is 19.8.